The average Bonchev–Trinajstić information content (AvgIpc) is 2.78. The third-order valence-corrected chi connectivity index (χ3v) is 3.74. The fraction of sp³-hybridized carbons (Fsp3) is 0.250. The maximum absolute atomic E-state index is 11.3. The molecule has 0 radical (unpaired) electrons. The highest BCUT2D eigenvalue weighted by Crippen LogP contribution is 2.26. The lowest BCUT2D eigenvalue weighted by Gasteiger charge is -2.07. The SMILES string of the molecule is Cc1c(SCc2ccco2)cc[n+]([O-])c1C. The normalized spacial score (nSPS) is 10.6. The van der Waals surface area contributed by atoms with Crippen molar-refractivity contribution >= 4 is 11.8 Å². The third-order valence-electron chi connectivity index (χ3n) is 2.55. The summed E-state index contributed by atoms with van der Waals surface area (Å²) < 4.78 is 6.16. The molecule has 0 unspecified atom stereocenters. The van der Waals surface area contributed by atoms with Crippen LogP contribution < -0.4 is 4.73 Å². The molecule has 0 atom stereocenters. The van der Waals surface area contributed by atoms with Crippen molar-refractivity contribution in [1.82, 2.24) is 0 Å². The molecule has 0 aliphatic rings. The summed E-state index contributed by atoms with van der Waals surface area (Å²) in [5.41, 5.74) is 1.79. The van der Waals surface area contributed by atoms with E-state index in [4.69, 9.17) is 4.42 Å². The summed E-state index contributed by atoms with van der Waals surface area (Å²) in [6.45, 7) is 3.80. The van der Waals surface area contributed by atoms with E-state index in [1.54, 1.807) is 24.2 Å². The Morgan fingerprint density at radius 1 is 1.38 bits per heavy atom. The molecule has 0 saturated carbocycles. The summed E-state index contributed by atoms with van der Waals surface area (Å²) >= 11 is 1.68. The van der Waals surface area contributed by atoms with E-state index in [0.717, 1.165) is 32.4 Å². The molecule has 2 heterocycles. The van der Waals surface area contributed by atoms with Crippen molar-refractivity contribution < 1.29 is 9.15 Å². The summed E-state index contributed by atoms with van der Waals surface area (Å²) in [4.78, 5) is 1.13. The molecule has 0 aromatic carbocycles. The van der Waals surface area contributed by atoms with Crippen molar-refractivity contribution in [2.75, 3.05) is 0 Å². The molecule has 2 rings (SSSR count). The number of hydrogen-bond donors (Lipinski definition) is 0. The standard InChI is InChI=1S/C12H13NO2S/c1-9-10(2)13(14)6-5-12(9)16-8-11-4-3-7-15-11/h3-7H,8H2,1-2H3. The van der Waals surface area contributed by atoms with Gasteiger partial charge in [0.1, 0.15) is 5.76 Å². The summed E-state index contributed by atoms with van der Waals surface area (Å²) in [6, 6.07) is 5.68. The van der Waals surface area contributed by atoms with Crippen molar-refractivity contribution in [3.8, 4) is 0 Å². The van der Waals surface area contributed by atoms with Crippen LogP contribution in [0.2, 0.25) is 0 Å². The van der Waals surface area contributed by atoms with Gasteiger partial charge in [-0.15, -0.1) is 11.8 Å². The highest BCUT2D eigenvalue weighted by Gasteiger charge is 2.09. The van der Waals surface area contributed by atoms with Gasteiger partial charge in [0.05, 0.1) is 12.0 Å². The number of thioether (sulfide) groups is 1. The van der Waals surface area contributed by atoms with Gasteiger partial charge in [-0.2, -0.15) is 4.73 Å². The Bertz CT molecular complexity index is 480. The number of aromatic nitrogens is 1. The smallest absolute Gasteiger partial charge is 0.193 e. The maximum atomic E-state index is 11.3. The van der Waals surface area contributed by atoms with Gasteiger partial charge < -0.3 is 9.62 Å². The lowest BCUT2D eigenvalue weighted by Crippen LogP contribution is -2.30. The van der Waals surface area contributed by atoms with Gasteiger partial charge in [-0.1, -0.05) is 0 Å². The van der Waals surface area contributed by atoms with E-state index in [1.165, 1.54) is 0 Å². The van der Waals surface area contributed by atoms with Crippen molar-refractivity contribution in [2.45, 2.75) is 24.5 Å². The van der Waals surface area contributed by atoms with Crippen LogP contribution >= 0.6 is 11.8 Å². The molecule has 2 aromatic heterocycles. The van der Waals surface area contributed by atoms with E-state index < -0.39 is 0 Å². The van der Waals surface area contributed by atoms with Crippen LogP contribution in [-0.4, -0.2) is 0 Å². The van der Waals surface area contributed by atoms with Crippen LogP contribution in [0.1, 0.15) is 17.0 Å². The number of rotatable bonds is 3. The van der Waals surface area contributed by atoms with Crippen molar-refractivity contribution in [1.29, 1.82) is 0 Å². The van der Waals surface area contributed by atoms with E-state index in [2.05, 4.69) is 0 Å². The Labute approximate surface area is 98.7 Å². The fourth-order valence-electron chi connectivity index (χ4n) is 1.42. The second kappa shape index (κ2) is 4.61. The van der Waals surface area contributed by atoms with E-state index >= 15 is 0 Å². The molecule has 3 nitrogen and oxygen atoms in total. The van der Waals surface area contributed by atoms with Gasteiger partial charge in [-0.05, 0) is 19.1 Å². The summed E-state index contributed by atoms with van der Waals surface area (Å²) in [7, 11) is 0. The van der Waals surface area contributed by atoms with Crippen LogP contribution in [0.4, 0.5) is 0 Å². The zero-order valence-electron chi connectivity index (χ0n) is 9.27. The number of pyridine rings is 1. The number of furan rings is 1. The highest BCUT2D eigenvalue weighted by atomic mass is 32.2. The molecule has 0 spiro atoms. The van der Waals surface area contributed by atoms with Crippen molar-refractivity contribution in [2.24, 2.45) is 0 Å². The minimum absolute atomic E-state index is 0.754. The lowest BCUT2D eigenvalue weighted by molar-refractivity contribution is -0.613. The van der Waals surface area contributed by atoms with Gasteiger partial charge in [-0.3, -0.25) is 0 Å². The van der Waals surface area contributed by atoms with Gasteiger partial charge in [-0.25, -0.2) is 0 Å². The van der Waals surface area contributed by atoms with E-state index in [1.807, 2.05) is 32.0 Å². The molecule has 0 aliphatic carbocycles. The predicted octanol–water partition coefficient (Wildman–Crippen LogP) is 2.82. The Hall–Kier alpha value is -1.42. The van der Waals surface area contributed by atoms with Crippen LogP contribution in [0.25, 0.3) is 0 Å². The van der Waals surface area contributed by atoms with Gasteiger partial charge >= 0.3 is 0 Å². The maximum Gasteiger partial charge on any atom is 0.193 e. The molecular weight excluding hydrogens is 222 g/mol. The summed E-state index contributed by atoms with van der Waals surface area (Å²) in [5, 5.41) is 11.3. The van der Waals surface area contributed by atoms with E-state index in [0.29, 0.717) is 0 Å². The van der Waals surface area contributed by atoms with Crippen LogP contribution in [-0.2, 0) is 5.75 Å². The van der Waals surface area contributed by atoms with Crippen LogP contribution in [0.5, 0.6) is 0 Å². The Balaban J connectivity index is 2.13. The van der Waals surface area contributed by atoms with Gasteiger partial charge in [0.2, 0.25) is 0 Å². The van der Waals surface area contributed by atoms with Gasteiger partial charge in [0, 0.05) is 23.4 Å². The van der Waals surface area contributed by atoms with Crippen LogP contribution in [0.15, 0.2) is 40.0 Å². The quantitative estimate of drug-likeness (QED) is 0.466. The minimum atomic E-state index is 0.754. The first-order chi connectivity index (χ1) is 7.68. The van der Waals surface area contributed by atoms with E-state index in [-0.39, 0.29) is 0 Å². The summed E-state index contributed by atoms with van der Waals surface area (Å²) in [5.74, 6) is 1.73. The molecule has 4 heteroatoms. The van der Waals surface area contributed by atoms with Crippen molar-refractivity contribution in [3.63, 3.8) is 0 Å². The molecule has 84 valence electrons. The fourth-order valence-corrected chi connectivity index (χ4v) is 2.40. The molecule has 0 aliphatic heterocycles. The zero-order chi connectivity index (χ0) is 11.5. The first-order valence-electron chi connectivity index (χ1n) is 5.03. The van der Waals surface area contributed by atoms with Gasteiger partial charge in [0.25, 0.3) is 0 Å². The second-order valence-electron chi connectivity index (χ2n) is 3.58. The molecular formula is C12H13NO2S. The predicted molar refractivity (Wildman–Crippen MR) is 63.1 cm³/mol. The largest absolute Gasteiger partial charge is 0.619 e. The monoisotopic (exact) mass is 235 g/mol. The minimum Gasteiger partial charge on any atom is -0.619 e. The molecule has 0 fully saturated rings. The molecule has 0 saturated heterocycles. The second-order valence-corrected chi connectivity index (χ2v) is 4.60. The molecule has 0 N–H and O–H groups in total. The van der Waals surface area contributed by atoms with Crippen LogP contribution in [0, 0.1) is 19.1 Å². The number of hydrogen-bond acceptors (Lipinski definition) is 3. The average molecular weight is 235 g/mol. The topological polar surface area (TPSA) is 40.1 Å². The lowest BCUT2D eigenvalue weighted by atomic mass is 10.2. The Kier molecular flexibility index (Phi) is 3.19. The zero-order valence-corrected chi connectivity index (χ0v) is 10.1. The highest BCUT2D eigenvalue weighted by molar-refractivity contribution is 7.98. The molecule has 0 amide bonds. The summed E-state index contributed by atoms with van der Waals surface area (Å²) in [6.07, 6.45) is 3.22. The molecule has 0 bridgehead atoms. The number of nitrogens with zero attached hydrogens (tertiary/aromatic N) is 1. The van der Waals surface area contributed by atoms with Crippen LogP contribution in [0.3, 0.4) is 0 Å². The van der Waals surface area contributed by atoms with Crippen molar-refractivity contribution in [3.05, 3.63) is 52.9 Å². The third kappa shape index (κ3) is 2.22. The Morgan fingerprint density at radius 2 is 2.19 bits per heavy atom. The first-order valence-corrected chi connectivity index (χ1v) is 6.01. The van der Waals surface area contributed by atoms with Gasteiger partial charge in [0.15, 0.2) is 11.9 Å². The Morgan fingerprint density at radius 3 is 2.88 bits per heavy atom. The first kappa shape index (κ1) is 11.1. The molecule has 2 aromatic rings. The molecule has 16 heavy (non-hydrogen) atoms. The van der Waals surface area contributed by atoms with E-state index in [9.17, 15) is 5.21 Å².